The predicted molar refractivity (Wildman–Crippen MR) is 158 cm³/mol. The Morgan fingerprint density at radius 2 is 1.41 bits per heavy atom. The van der Waals surface area contributed by atoms with Crippen molar-refractivity contribution in [3.63, 3.8) is 0 Å². The van der Waals surface area contributed by atoms with Crippen molar-refractivity contribution in [1.82, 2.24) is 10.6 Å². The number of nitrogens with one attached hydrogen (secondary N) is 2. The van der Waals surface area contributed by atoms with E-state index in [9.17, 15) is 45.6 Å². The van der Waals surface area contributed by atoms with E-state index in [1.807, 2.05) is 37.3 Å². The Balaban J connectivity index is 2.49. The van der Waals surface area contributed by atoms with Crippen molar-refractivity contribution < 1.29 is 59.4 Å². The lowest BCUT2D eigenvalue weighted by atomic mass is 9.90. The van der Waals surface area contributed by atoms with E-state index < -0.39 is 75.0 Å². The number of aliphatic hydroxyl groups is 1. The summed E-state index contributed by atoms with van der Waals surface area (Å²) in [6, 6.07) is 13.7. The molecule has 0 fully saturated rings. The van der Waals surface area contributed by atoms with E-state index in [0.717, 1.165) is 17.5 Å². The highest BCUT2D eigenvalue weighted by atomic mass is 31.2. The molecule has 2 amide bonds. The molecule has 16 heteroatoms. The van der Waals surface area contributed by atoms with Gasteiger partial charge in [0.15, 0.2) is 24.7 Å². The molecule has 0 radical (unpaired) electrons. The van der Waals surface area contributed by atoms with Crippen molar-refractivity contribution in [1.29, 1.82) is 0 Å². The second-order valence-corrected chi connectivity index (χ2v) is 13.1. The molecule has 0 aliphatic rings. The second kappa shape index (κ2) is 16.6. The van der Waals surface area contributed by atoms with Crippen LogP contribution in [-0.4, -0.2) is 66.7 Å². The summed E-state index contributed by atoms with van der Waals surface area (Å²) < 4.78 is 105. The summed E-state index contributed by atoms with van der Waals surface area (Å²) in [5, 5.41) is 15.9. The monoisotopic (exact) mass is 684 g/mol. The molecule has 3 N–H and O–H groups in total. The Labute approximate surface area is 263 Å². The number of carbonyl (C=O) groups is 2. The zero-order valence-electron chi connectivity index (χ0n) is 25.8. The van der Waals surface area contributed by atoms with Gasteiger partial charge >= 0.3 is 26.0 Å². The topological polar surface area (TPSA) is 123 Å². The van der Waals surface area contributed by atoms with Gasteiger partial charge in [0.25, 0.3) is 5.91 Å². The lowest BCUT2D eigenvalue weighted by Gasteiger charge is -2.36. The number of unbranched alkanes of at least 4 members (excludes halogenated alkanes) is 1. The van der Waals surface area contributed by atoms with Crippen molar-refractivity contribution in [2.75, 3.05) is 19.8 Å². The van der Waals surface area contributed by atoms with Gasteiger partial charge in [-0.25, -0.2) is 4.79 Å². The lowest BCUT2D eigenvalue weighted by molar-refractivity contribution is -0.167. The van der Waals surface area contributed by atoms with E-state index in [0.29, 0.717) is 12.0 Å². The van der Waals surface area contributed by atoms with Crippen LogP contribution < -0.4 is 10.6 Å². The smallest absolute Gasteiger partial charge is 0.412 e. The minimum Gasteiger partial charge on any atom is -0.433 e. The first-order valence-corrected chi connectivity index (χ1v) is 16.0. The molecule has 46 heavy (non-hydrogen) atoms. The molecule has 9 nitrogen and oxygen atoms in total. The van der Waals surface area contributed by atoms with Gasteiger partial charge < -0.3 is 20.5 Å². The van der Waals surface area contributed by atoms with Crippen LogP contribution in [0.3, 0.4) is 0 Å². The molecule has 2 aromatic carbocycles. The molecule has 0 aliphatic carbocycles. The van der Waals surface area contributed by atoms with Gasteiger partial charge in [-0.15, -0.1) is 0 Å². The van der Waals surface area contributed by atoms with Crippen molar-refractivity contribution in [3.8, 4) is 11.1 Å². The molecular formula is C30H39F6N2O7P. The molecule has 0 spiro atoms. The van der Waals surface area contributed by atoms with Crippen LogP contribution in [0, 0.1) is 5.92 Å². The zero-order valence-corrected chi connectivity index (χ0v) is 26.7. The summed E-state index contributed by atoms with van der Waals surface area (Å²) >= 11 is 0. The normalized spacial score (nSPS) is 15.1. The highest BCUT2D eigenvalue weighted by Crippen LogP contribution is 2.55. The number of halogens is 6. The Bertz CT molecular complexity index is 1290. The number of carbonyl (C=O) groups excluding carboxylic acids is 2. The molecule has 0 bridgehead atoms. The van der Waals surface area contributed by atoms with E-state index in [2.05, 4.69) is 19.7 Å². The van der Waals surface area contributed by atoms with E-state index >= 15 is 0 Å². The summed E-state index contributed by atoms with van der Waals surface area (Å²) in [5.41, 5.74) is -0.0129. The summed E-state index contributed by atoms with van der Waals surface area (Å²) in [7, 11) is -5.65. The van der Waals surface area contributed by atoms with Crippen molar-refractivity contribution in [2.45, 2.75) is 76.8 Å². The van der Waals surface area contributed by atoms with Crippen LogP contribution in [0.1, 0.15) is 46.1 Å². The standard InChI is InChI=1S/C30H39F6N2O7P/c1-5-6-16-37-27(41)45-28(4,20(2)3)26(40)38-24(17-21-12-14-23(15-13-21)22-10-8-7-9-11-22)25(39)46(42,43-18-29(31,32)33)44-19-30(34,35)36/h7-15,20,24-25,39H,5-6,16-19H2,1-4H3,(H,37,41)(H,38,40)/t24?,25?,28-/m1/s1. The van der Waals surface area contributed by atoms with Crippen molar-refractivity contribution >= 4 is 19.6 Å². The van der Waals surface area contributed by atoms with Gasteiger partial charge in [0.05, 0.1) is 6.04 Å². The first-order valence-electron chi connectivity index (χ1n) is 14.4. The average molecular weight is 685 g/mol. The SMILES string of the molecule is CCCCNC(=O)O[C@@](C)(C(=O)NC(Cc1ccc(-c2ccccc2)cc1)C(O)P(=O)(OCC(F)(F)F)OCC(F)(F)F)C(C)C. The van der Waals surface area contributed by atoms with Crippen LogP contribution >= 0.6 is 7.60 Å². The number of rotatable bonds is 16. The lowest BCUT2D eigenvalue weighted by Crippen LogP contribution is -2.57. The number of aliphatic hydroxyl groups excluding tert-OH is 1. The van der Waals surface area contributed by atoms with Crippen LogP contribution in [-0.2, 0) is 29.6 Å². The number of hydrogen-bond acceptors (Lipinski definition) is 7. The Morgan fingerprint density at radius 1 is 0.891 bits per heavy atom. The van der Waals surface area contributed by atoms with Gasteiger partial charge in [-0.3, -0.25) is 18.4 Å². The third-order valence-electron chi connectivity index (χ3n) is 6.99. The first-order chi connectivity index (χ1) is 21.3. The largest absolute Gasteiger partial charge is 0.433 e. The molecule has 2 unspecified atom stereocenters. The maximum absolute atomic E-state index is 13.6. The highest BCUT2D eigenvalue weighted by Gasteiger charge is 2.49. The minimum absolute atomic E-state index is 0.238. The molecule has 2 rings (SSSR count). The predicted octanol–water partition coefficient (Wildman–Crippen LogP) is 6.99. The van der Waals surface area contributed by atoms with Crippen LogP contribution in [0.5, 0.6) is 0 Å². The van der Waals surface area contributed by atoms with Crippen LogP contribution in [0.4, 0.5) is 31.1 Å². The number of alkyl halides is 6. The Morgan fingerprint density at radius 3 is 1.89 bits per heavy atom. The molecule has 0 heterocycles. The molecule has 0 aromatic heterocycles. The van der Waals surface area contributed by atoms with E-state index in [4.69, 9.17) is 4.74 Å². The summed E-state index contributed by atoms with van der Waals surface area (Å²) in [6.07, 6.45) is -10.4. The van der Waals surface area contributed by atoms with Crippen LogP contribution in [0.2, 0.25) is 0 Å². The summed E-state index contributed by atoms with van der Waals surface area (Å²) in [4.78, 5) is 26.1. The number of ether oxygens (including phenoxy) is 1. The van der Waals surface area contributed by atoms with Crippen LogP contribution in [0.25, 0.3) is 11.1 Å². The fourth-order valence-electron chi connectivity index (χ4n) is 4.02. The van der Waals surface area contributed by atoms with E-state index in [1.54, 1.807) is 24.3 Å². The molecule has 0 aliphatic heterocycles. The number of benzene rings is 2. The number of amides is 2. The van der Waals surface area contributed by atoms with Gasteiger partial charge in [0, 0.05) is 12.5 Å². The molecule has 258 valence electrons. The first kappa shape index (κ1) is 39.1. The second-order valence-electron chi connectivity index (χ2n) is 11.0. The fraction of sp³-hybridized carbons (Fsp3) is 0.533. The quantitative estimate of drug-likeness (QED) is 0.0990. The van der Waals surface area contributed by atoms with Gasteiger partial charge in [-0.1, -0.05) is 81.8 Å². The molecule has 2 aromatic rings. The maximum Gasteiger partial charge on any atom is 0.412 e. The third kappa shape index (κ3) is 12.2. The van der Waals surface area contributed by atoms with E-state index in [-0.39, 0.29) is 6.54 Å². The van der Waals surface area contributed by atoms with Gasteiger partial charge in [-0.2, -0.15) is 26.3 Å². The van der Waals surface area contributed by atoms with Crippen LogP contribution in [0.15, 0.2) is 54.6 Å². The molecule has 0 saturated carbocycles. The number of hydrogen-bond donors (Lipinski definition) is 3. The van der Waals surface area contributed by atoms with E-state index in [1.165, 1.54) is 20.8 Å². The Hall–Kier alpha value is -3.13. The average Bonchev–Trinajstić information content (AvgIpc) is 2.98. The molecule has 0 saturated heterocycles. The Kier molecular flexibility index (Phi) is 14.1. The van der Waals surface area contributed by atoms with Gasteiger partial charge in [-0.05, 0) is 36.5 Å². The number of alkyl carbamates (subject to hydrolysis) is 1. The van der Waals surface area contributed by atoms with Gasteiger partial charge in [0.1, 0.15) is 0 Å². The highest BCUT2D eigenvalue weighted by molar-refractivity contribution is 7.54. The van der Waals surface area contributed by atoms with Crippen molar-refractivity contribution in [2.24, 2.45) is 5.92 Å². The molecule has 3 atom stereocenters. The zero-order chi connectivity index (χ0) is 34.8. The van der Waals surface area contributed by atoms with Gasteiger partial charge in [0.2, 0.25) is 0 Å². The maximum atomic E-state index is 13.6. The summed E-state index contributed by atoms with van der Waals surface area (Å²) in [6.45, 7) is 1.79. The molecular weight excluding hydrogens is 645 g/mol. The minimum atomic E-state index is -5.65. The van der Waals surface area contributed by atoms with Crippen molar-refractivity contribution in [3.05, 3.63) is 60.2 Å². The fourth-order valence-corrected chi connectivity index (χ4v) is 5.67. The third-order valence-corrected chi connectivity index (χ3v) is 8.98. The summed E-state index contributed by atoms with van der Waals surface area (Å²) in [5.74, 6) is -4.51.